The van der Waals surface area contributed by atoms with Crippen LogP contribution in [0.4, 0.5) is 5.69 Å². The first kappa shape index (κ1) is 8.37. The van der Waals surface area contributed by atoms with Gasteiger partial charge in [0.1, 0.15) is 11.8 Å². The van der Waals surface area contributed by atoms with E-state index in [0.29, 0.717) is 17.0 Å². The molecule has 0 unspecified atom stereocenters. The normalized spacial score (nSPS) is 8.75. The zero-order chi connectivity index (χ0) is 8.97. The van der Waals surface area contributed by atoms with Crippen molar-refractivity contribution in [1.82, 2.24) is 0 Å². The van der Waals surface area contributed by atoms with Gasteiger partial charge in [-0.2, -0.15) is 5.26 Å². The van der Waals surface area contributed by atoms with E-state index in [1.54, 1.807) is 18.2 Å². The molecule has 0 amide bonds. The van der Waals surface area contributed by atoms with Crippen LogP contribution in [0.5, 0.6) is 5.75 Å². The highest BCUT2D eigenvalue weighted by Crippen LogP contribution is 2.20. The first-order chi connectivity index (χ1) is 5.81. The van der Waals surface area contributed by atoms with E-state index in [2.05, 4.69) is 5.43 Å². The number of ether oxygens (including phenoxy) is 1. The number of methoxy groups -OCH3 is 1. The third kappa shape index (κ3) is 1.47. The molecule has 0 aliphatic rings. The van der Waals surface area contributed by atoms with Crippen molar-refractivity contribution in [3.8, 4) is 11.8 Å². The predicted molar refractivity (Wildman–Crippen MR) is 45.5 cm³/mol. The van der Waals surface area contributed by atoms with Gasteiger partial charge in [-0.25, -0.2) is 0 Å². The molecule has 0 aliphatic heterocycles. The van der Waals surface area contributed by atoms with Crippen LogP contribution in [-0.4, -0.2) is 7.11 Å². The van der Waals surface area contributed by atoms with Crippen molar-refractivity contribution in [3.63, 3.8) is 0 Å². The number of nitrogens with one attached hydrogen (secondary N) is 1. The number of nitrogen functional groups attached to an aromatic ring is 1. The van der Waals surface area contributed by atoms with Gasteiger partial charge in [0.15, 0.2) is 0 Å². The molecule has 62 valence electrons. The summed E-state index contributed by atoms with van der Waals surface area (Å²) in [4.78, 5) is 0. The molecule has 0 aromatic heterocycles. The highest BCUT2D eigenvalue weighted by Gasteiger charge is 2.01. The number of hydrogen-bond donors (Lipinski definition) is 2. The maximum absolute atomic E-state index is 8.67. The first-order valence-electron chi connectivity index (χ1n) is 3.36. The fourth-order valence-electron chi connectivity index (χ4n) is 0.885. The Balaban J connectivity index is 3.13. The molecule has 1 aromatic carbocycles. The minimum Gasteiger partial charge on any atom is -0.495 e. The number of rotatable bonds is 2. The number of hydrogen-bond acceptors (Lipinski definition) is 4. The zero-order valence-corrected chi connectivity index (χ0v) is 6.66. The molecule has 1 aromatic rings. The van der Waals surface area contributed by atoms with Crippen LogP contribution in [0.25, 0.3) is 0 Å². The van der Waals surface area contributed by atoms with Crippen molar-refractivity contribution in [2.24, 2.45) is 5.84 Å². The Labute approximate surface area is 70.5 Å². The molecule has 0 atom stereocenters. The van der Waals surface area contributed by atoms with Gasteiger partial charge in [0.25, 0.3) is 0 Å². The molecule has 12 heavy (non-hydrogen) atoms. The third-order valence-electron chi connectivity index (χ3n) is 1.49. The van der Waals surface area contributed by atoms with Gasteiger partial charge in [-0.05, 0) is 18.2 Å². The van der Waals surface area contributed by atoms with E-state index in [1.165, 1.54) is 7.11 Å². The molecule has 0 heterocycles. The zero-order valence-electron chi connectivity index (χ0n) is 6.66. The monoisotopic (exact) mass is 163 g/mol. The molecule has 0 spiro atoms. The van der Waals surface area contributed by atoms with Crippen LogP contribution in [0.1, 0.15) is 5.56 Å². The molecule has 4 nitrogen and oxygen atoms in total. The van der Waals surface area contributed by atoms with Gasteiger partial charge in [-0.3, -0.25) is 5.84 Å². The van der Waals surface area contributed by atoms with Gasteiger partial charge in [0.2, 0.25) is 0 Å². The summed E-state index contributed by atoms with van der Waals surface area (Å²) in [5.41, 5.74) is 3.60. The molecule has 0 fully saturated rings. The molecule has 0 aliphatic carbocycles. The minimum atomic E-state index is 0.466. The summed E-state index contributed by atoms with van der Waals surface area (Å²) in [7, 11) is 1.52. The molecule has 3 N–H and O–H groups in total. The summed E-state index contributed by atoms with van der Waals surface area (Å²) in [6.07, 6.45) is 0. The second kappa shape index (κ2) is 3.60. The van der Waals surface area contributed by atoms with E-state index in [9.17, 15) is 0 Å². The SMILES string of the molecule is COc1ccc(NN)cc1C#N. The lowest BCUT2D eigenvalue weighted by molar-refractivity contribution is 0.413. The summed E-state index contributed by atoms with van der Waals surface area (Å²) < 4.78 is 4.94. The number of nitrogens with zero attached hydrogens (tertiary/aromatic N) is 1. The molecule has 1 rings (SSSR count). The van der Waals surface area contributed by atoms with Crippen LogP contribution in [0.3, 0.4) is 0 Å². The van der Waals surface area contributed by atoms with E-state index in [4.69, 9.17) is 15.8 Å². The number of nitrogens with two attached hydrogens (primary N) is 1. The maximum Gasteiger partial charge on any atom is 0.136 e. The van der Waals surface area contributed by atoms with E-state index >= 15 is 0 Å². The van der Waals surface area contributed by atoms with Crippen LogP contribution < -0.4 is 16.0 Å². The summed E-state index contributed by atoms with van der Waals surface area (Å²) in [5.74, 6) is 5.72. The number of benzene rings is 1. The molecule has 0 saturated heterocycles. The van der Waals surface area contributed by atoms with E-state index < -0.39 is 0 Å². The van der Waals surface area contributed by atoms with E-state index in [-0.39, 0.29) is 0 Å². The second-order valence-corrected chi connectivity index (χ2v) is 2.17. The molecule has 0 radical (unpaired) electrons. The summed E-state index contributed by atoms with van der Waals surface area (Å²) >= 11 is 0. The highest BCUT2D eigenvalue weighted by molar-refractivity contribution is 5.54. The molecule has 0 bridgehead atoms. The van der Waals surface area contributed by atoms with Gasteiger partial charge in [-0.1, -0.05) is 0 Å². The van der Waals surface area contributed by atoms with Crippen LogP contribution >= 0.6 is 0 Å². The average Bonchev–Trinajstić information content (AvgIpc) is 2.16. The van der Waals surface area contributed by atoms with Crippen molar-refractivity contribution < 1.29 is 4.74 Å². The quantitative estimate of drug-likeness (QED) is 0.501. The summed E-state index contributed by atoms with van der Waals surface area (Å²) in [6, 6.07) is 7.05. The number of hydrazine groups is 1. The Kier molecular flexibility index (Phi) is 2.51. The minimum absolute atomic E-state index is 0.466. The van der Waals surface area contributed by atoms with Crippen molar-refractivity contribution in [3.05, 3.63) is 23.8 Å². The molecule has 0 saturated carbocycles. The van der Waals surface area contributed by atoms with Gasteiger partial charge in [-0.15, -0.1) is 0 Å². The Morgan fingerprint density at radius 3 is 2.83 bits per heavy atom. The Hall–Kier alpha value is -1.73. The largest absolute Gasteiger partial charge is 0.495 e. The van der Waals surface area contributed by atoms with Gasteiger partial charge in [0.05, 0.1) is 18.4 Å². The summed E-state index contributed by atoms with van der Waals surface area (Å²) in [5, 5.41) is 8.67. The van der Waals surface area contributed by atoms with E-state index in [1.807, 2.05) is 6.07 Å². The Morgan fingerprint density at radius 2 is 2.33 bits per heavy atom. The first-order valence-corrected chi connectivity index (χ1v) is 3.36. The van der Waals surface area contributed by atoms with Crippen molar-refractivity contribution in [2.45, 2.75) is 0 Å². The fourth-order valence-corrected chi connectivity index (χ4v) is 0.885. The van der Waals surface area contributed by atoms with Crippen molar-refractivity contribution in [2.75, 3.05) is 12.5 Å². The van der Waals surface area contributed by atoms with Crippen LogP contribution in [0, 0.1) is 11.3 Å². The highest BCUT2D eigenvalue weighted by atomic mass is 16.5. The molecule has 4 heteroatoms. The number of anilines is 1. The molecular weight excluding hydrogens is 154 g/mol. The standard InChI is InChI=1S/C8H9N3O/c1-12-8-3-2-7(11-10)4-6(8)5-9/h2-4,11H,10H2,1H3. The van der Waals surface area contributed by atoms with E-state index in [0.717, 1.165) is 0 Å². The summed E-state index contributed by atoms with van der Waals surface area (Å²) in [6.45, 7) is 0. The van der Waals surface area contributed by atoms with Crippen molar-refractivity contribution in [1.29, 1.82) is 5.26 Å². The Morgan fingerprint density at radius 1 is 1.58 bits per heavy atom. The van der Waals surface area contributed by atoms with Crippen LogP contribution in [-0.2, 0) is 0 Å². The molecular formula is C8H9N3O. The topological polar surface area (TPSA) is 71.1 Å². The van der Waals surface area contributed by atoms with Crippen LogP contribution in [0.2, 0.25) is 0 Å². The average molecular weight is 163 g/mol. The van der Waals surface area contributed by atoms with Gasteiger partial charge < -0.3 is 10.2 Å². The predicted octanol–water partition coefficient (Wildman–Crippen LogP) is 0.852. The lowest BCUT2D eigenvalue weighted by Gasteiger charge is -2.04. The number of nitriles is 1. The van der Waals surface area contributed by atoms with Crippen molar-refractivity contribution >= 4 is 5.69 Å². The third-order valence-corrected chi connectivity index (χ3v) is 1.49. The van der Waals surface area contributed by atoms with Gasteiger partial charge in [0, 0.05) is 0 Å². The van der Waals surface area contributed by atoms with Gasteiger partial charge >= 0.3 is 0 Å². The lowest BCUT2D eigenvalue weighted by Crippen LogP contribution is -2.06. The maximum atomic E-state index is 8.67. The Bertz CT molecular complexity index is 317. The second-order valence-electron chi connectivity index (χ2n) is 2.17. The smallest absolute Gasteiger partial charge is 0.136 e. The fraction of sp³-hybridized carbons (Fsp3) is 0.125. The van der Waals surface area contributed by atoms with Crippen LogP contribution in [0.15, 0.2) is 18.2 Å². The lowest BCUT2D eigenvalue weighted by atomic mass is 10.2.